The standard InChI is InChI=1S/C11H23NO/c1-11(2,13-4)10(12-3)8-7-9-5-6-9/h9-10,12H,5-8H2,1-4H3. The van der Waals surface area contributed by atoms with E-state index in [1.807, 2.05) is 7.05 Å². The second-order valence-corrected chi connectivity index (χ2v) is 4.67. The molecule has 1 unspecified atom stereocenters. The molecular formula is C11H23NO. The first-order valence-electron chi connectivity index (χ1n) is 5.32. The van der Waals surface area contributed by atoms with Crippen molar-refractivity contribution in [2.75, 3.05) is 14.2 Å². The third-order valence-electron chi connectivity index (χ3n) is 3.27. The summed E-state index contributed by atoms with van der Waals surface area (Å²) in [6, 6.07) is 0.484. The summed E-state index contributed by atoms with van der Waals surface area (Å²) in [5, 5.41) is 3.35. The van der Waals surface area contributed by atoms with E-state index in [-0.39, 0.29) is 5.60 Å². The predicted molar refractivity (Wildman–Crippen MR) is 55.9 cm³/mol. The lowest BCUT2D eigenvalue weighted by atomic mass is 9.93. The van der Waals surface area contributed by atoms with Crippen LogP contribution in [0.4, 0.5) is 0 Å². The van der Waals surface area contributed by atoms with Gasteiger partial charge in [-0.15, -0.1) is 0 Å². The monoisotopic (exact) mass is 185 g/mol. The molecule has 1 aliphatic rings. The van der Waals surface area contributed by atoms with Crippen LogP contribution in [0.3, 0.4) is 0 Å². The van der Waals surface area contributed by atoms with Crippen LogP contribution in [-0.4, -0.2) is 25.8 Å². The average Bonchev–Trinajstić information content (AvgIpc) is 2.89. The van der Waals surface area contributed by atoms with Crippen molar-refractivity contribution in [3.05, 3.63) is 0 Å². The number of methoxy groups -OCH3 is 1. The minimum atomic E-state index is -0.0381. The van der Waals surface area contributed by atoms with E-state index < -0.39 is 0 Å². The zero-order valence-corrected chi connectivity index (χ0v) is 9.39. The smallest absolute Gasteiger partial charge is 0.0774 e. The van der Waals surface area contributed by atoms with Crippen LogP contribution in [0.5, 0.6) is 0 Å². The van der Waals surface area contributed by atoms with Gasteiger partial charge in [0.1, 0.15) is 0 Å². The van der Waals surface area contributed by atoms with Crippen molar-refractivity contribution in [3.63, 3.8) is 0 Å². The van der Waals surface area contributed by atoms with Crippen molar-refractivity contribution in [1.29, 1.82) is 0 Å². The molecule has 0 aromatic heterocycles. The van der Waals surface area contributed by atoms with Crippen LogP contribution in [0.2, 0.25) is 0 Å². The summed E-state index contributed by atoms with van der Waals surface area (Å²) in [5.41, 5.74) is -0.0381. The Morgan fingerprint density at radius 1 is 1.46 bits per heavy atom. The highest BCUT2D eigenvalue weighted by Gasteiger charge is 2.30. The first kappa shape index (κ1) is 11.0. The van der Waals surface area contributed by atoms with E-state index in [2.05, 4.69) is 19.2 Å². The zero-order chi connectivity index (χ0) is 9.90. The molecule has 2 heteroatoms. The quantitative estimate of drug-likeness (QED) is 0.685. The van der Waals surface area contributed by atoms with Gasteiger partial charge in [0.2, 0.25) is 0 Å². The number of likely N-dealkylation sites (N-methyl/N-ethyl adjacent to an activating group) is 1. The lowest BCUT2D eigenvalue weighted by molar-refractivity contribution is -0.0112. The topological polar surface area (TPSA) is 21.3 Å². The molecule has 1 N–H and O–H groups in total. The Balaban J connectivity index is 2.30. The van der Waals surface area contributed by atoms with Crippen LogP contribution in [0.1, 0.15) is 39.5 Å². The summed E-state index contributed by atoms with van der Waals surface area (Å²) in [4.78, 5) is 0. The predicted octanol–water partition coefficient (Wildman–Crippen LogP) is 2.19. The molecule has 1 atom stereocenters. The van der Waals surface area contributed by atoms with E-state index in [9.17, 15) is 0 Å². The van der Waals surface area contributed by atoms with Gasteiger partial charge in [0, 0.05) is 13.2 Å². The molecule has 1 saturated carbocycles. The molecule has 0 aromatic carbocycles. The van der Waals surface area contributed by atoms with E-state index in [0.717, 1.165) is 5.92 Å². The number of hydrogen-bond donors (Lipinski definition) is 1. The van der Waals surface area contributed by atoms with Gasteiger partial charge in [-0.25, -0.2) is 0 Å². The summed E-state index contributed by atoms with van der Waals surface area (Å²) in [7, 11) is 3.82. The molecule has 13 heavy (non-hydrogen) atoms. The fourth-order valence-electron chi connectivity index (χ4n) is 1.79. The van der Waals surface area contributed by atoms with Gasteiger partial charge in [-0.1, -0.05) is 12.8 Å². The Morgan fingerprint density at radius 3 is 2.46 bits per heavy atom. The van der Waals surface area contributed by atoms with Gasteiger partial charge in [-0.05, 0) is 39.7 Å². The highest BCUT2D eigenvalue weighted by molar-refractivity contribution is 4.86. The van der Waals surface area contributed by atoms with Gasteiger partial charge >= 0.3 is 0 Å². The number of ether oxygens (including phenoxy) is 1. The SMILES string of the molecule is CNC(CCC1CC1)C(C)(C)OC. The zero-order valence-electron chi connectivity index (χ0n) is 9.39. The van der Waals surface area contributed by atoms with Gasteiger partial charge in [-0.3, -0.25) is 0 Å². The minimum Gasteiger partial charge on any atom is -0.377 e. The maximum Gasteiger partial charge on any atom is 0.0774 e. The maximum absolute atomic E-state index is 5.48. The first-order valence-corrected chi connectivity index (χ1v) is 5.32. The Kier molecular flexibility index (Phi) is 3.74. The molecular weight excluding hydrogens is 162 g/mol. The van der Waals surface area contributed by atoms with Gasteiger partial charge in [0.15, 0.2) is 0 Å². The lowest BCUT2D eigenvalue weighted by Crippen LogP contribution is -2.46. The summed E-state index contributed by atoms with van der Waals surface area (Å²) >= 11 is 0. The van der Waals surface area contributed by atoms with E-state index in [1.54, 1.807) is 7.11 Å². The molecule has 2 nitrogen and oxygen atoms in total. The third-order valence-corrected chi connectivity index (χ3v) is 3.27. The molecule has 1 rings (SSSR count). The van der Waals surface area contributed by atoms with Gasteiger partial charge in [0.05, 0.1) is 5.60 Å². The van der Waals surface area contributed by atoms with Crippen molar-refractivity contribution in [2.45, 2.75) is 51.2 Å². The van der Waals surface area contributed by atoms with Crippen molar-refractivity contribution in [2.24, 2.45) is 5.92 Å². The van der Waals surface area contributed by atoms with Crippen LogP contribution < -0.4 is 5.32 Å². The number of rotatable bonds is 6. The Hall–Kier alpha value is -0.0800. The summed E-state index contributed by atoms with van der Waals surface area (Å²) < 4.78 is 5.48. The van der Waals surface area contributed by atoms with Gasteiger partial charge < -0.3 is 10.1 Å². The molecule has 1 aliphatic carbocycles. The van der Waals surface area contributed by atoms with Crippen LogP contribution >= 0.6 is 0 Å². The first-order chi connectivity index (χ1) is 6.10. The van der Waals surface area contributed by atoms with Crippen molar-refractivity contribution in [1.82, 2.24) is 5.32 Å². The van der Waals surface area contributed by atoms with Crippen molar-refractivity contribution >= 4 is 0 Å². The summed E-state index contributed by atoms with van der Waals surface area (Å²) in [6.07, 6.45) is 5.49. The van der Waals surface area contributed by atoms with E-state index >= 15 is 0 Å². The third kappa shape index (κ3) is 3.28. The second-order valence-electron chi connectivity index (χ2n) is 4.67. The Labute approximate surface area is 82.0 Å². The number of hydrogen-bond acceptors (Lipinski definition) is 2. The van der Waals surface area contributed by atoms with Crippen molar-refractivity contribution < 1.29 is 4.74 Å². The average molecular weight is 185 g/mol. The lowest BCUT2D eigenvalue weighted by Gasteiger charge is -2.33. The highest BCUT2D eigenvalue weighted by Crippen LogP contribution is 2.35. The molecule has 0 radical (unpaired) electrons. The molecule has 0 amide bonds. The molecule has 0 saturated heterocycles. The maximum atomic E-state index is 5.48. The normalized spacial score (nSPS) is 20.3. The fraction of sp³-hybridized carbons (Fsp3) is 1.00. The number of nitrogens with one attached hydrogen (secondary N) is 1. The molecule has 1 fully saturated rings. The van der Waals surface area contributed by atoms with Crippen LogP contribution in [0.15, 0.2) is 0 Å². The molecule has 0 aromatic rings. The fourth-order valence-corrected chi connectivity index (χ4v) is 1.79. The van der Waals surface area contributed by atoms with Gasteiger partial charge in [-0.2, -0.15) is 0 Å². The molecule has 0 bridgehead atoms. The Morgan fingerprint density at radius 2 is 2.08 bits per heavy atom. The van der Waals surface area contributed by atoms with E-state index in [0.29, 0.717) is 6.04 Å². The van der Waals surface area contributed by atoms with Gasteiger partial charge in [0.25, 0.3) is 0 Å². The highest BCUT2D eigenvalue weighted by atomic mass is 16.5. The minimum absolute atomic E-state index is 0.0381. The molecule has 78 valence electrons. The van der Waals surface area contributed by atoms with Crippen molar-refractivity contribution in [3.8, 4) is 0 Å². The van der Waals surface area contributed by atoms with Crippen LogP contribution in [-0.2, 0) is 4.74 Å². The molecule has 0 spiro atoms. The molecule has 0 heterocycles. The van der Waals surface area contributed by atoms with Crippen LogP contribution in [0, 0.1) is 5.92 Å². The summed E-state index contributed by atoms with van der Waals surface area (Å²) in [5.74, 6) is 1.02. The van der Waals surface area contributed by atoms with Crippen LogP contribution in [0.25, 0.3) is 0 Å². The largest absolute Gasteiger partial charge is 0.377 e. The van der Waals surface area contributed by atoms with E-state index in [4.69, 9.17) is 4.74 Å². The second kappa shape index (κ2) is 4.43. The Bertz CT molecular complexity index is 152. The molecule has 0 aliphatic heterocycles. The summed E-state index contributed by atoms with van der Waals surface area (Å²) in [6.45, 7) is 4.31. The van der Waals surface area contributed by atoms with E-state index in [1.165, 1.54) is 25.7 Å².